The summed E-state index contributed by atoms with van der Waals surface area (Å²) in [6, 6.07) is 0. The Balaban J connectivity index is 1.58. The van der Waals surface area contributed by atoms with Gasteiger partial charge in [0.25, 0.3) is 0 Å². The normalized spacial score (nSPS) is 55.3. The van der Waals surface area contributed by atoms with Crippen LogP contribution in [0.4, 0.5) is 0 Å². The third kappa shape index (κ3) is 2.87. The molecule has 0 amide bonds. The first-order valence-corrected chi connectivity index (χ1v) is 13.8. The van der Waals surface area contributed by atoms with Crippen molar-refractivity contribution in [2.75, 3.05) is 0 Å². The molecule has 5 unspecified atom stereocenters. The smallest absolute Gasteiger partial charge is 0.312 e. The van der Waals surface area contributed by atoms with E-state index in [0.29, 0.717) is 29.1 Å². The van der Waals surface area contributed by atoms with E-state index in [1.807, 2.05) is 6.92 Å². The number of rotatable bonds is 1. The summed E-state index contributed by atoms with van der Waals surface area (Å²) in [5.41, 5.74) is 1.98. The topological polar surface area (TPSA) is 57.5 Å². The zero-order chi connectivity index (χ0) is 24.2. The third-order valence-corrected chi connectivity index (χ3v) is 13.2. The van der Waals surface area contributed by atoms with E-state index < -0.39 is 17.5 Å². The van der Waals surface area contributed by atoms with Gasteiger partial charge in [0.2, 0.25) is 0 Å². The molecular formula is C30H48O3. The largest absolute Gasteiger partial charge is 0.481 e. The number of hydrogen-bond donors (Lipinski definition) is 2. The summed E-state index contributed by atoms with van der Waals surface area (Å²) in [4.78, 5) is 12.5. The fourth-order valence-corrected chi connectivity index (χ4v) is 10.5. The molecule has 186 valence electrons. The highest BCUT2D eigenvalue weighted by molar-refractivity contribution is 5.76. The molecule has 3 nitrogen and oxygen atoms in total. The molecule has 5 aliphatic carbocycles. The first-order chi connectivity index (χ1) is 15.1. The number of fused-ring (bicyclic) bond motifs is 7. The van der Waals surface area contributed by atoms with E-state index >= 15 is 0 Å². The summed E-state index contributed by atoms with van der Waals surface area (Å²) in [7, 11) is 0. The molecule has 0 aromatic rings. The van der Waals surface area contributed by atoms with E-state index in [1.54, 1.807) is 5.57 Å². The fourth-order valence-electron chi connectivity index (χ4n) is 10.5. The van der Waals surface area contributed by atoms with Crippen LogP contribution in [0.1, 0.15) is 113 Å². The summed E-state index contributed by atoms with van der Waals surface area (Å²) >= 11 is 0. The predicted molar refractivity (Wildman–Crippen MR) is 133 cm³/mol. The zero-order valence-corrected chi connectivity index (χ0v) is 22.3. The fraction of sp³-hybridized carbons (Fsp3) is 0.900. The minimum Gasteiger partial charge on any atom is -0.481 e. The van der Waals surface area contributed by atoms with Gasteiger partial charge in [0.15, 0.2) is 0 Å². The van der Waals surface area contributed by atoms with Gasteiger partial charge in [-0.2, -0.15) is 0 Å². The number of aliphatic hydroxyl groups is 1. The van der Waals surface area contributed by atoms with E-state index in [0.717, 1.165) is 25.7 Å². The lowest BCUT2D eigenvalue weighted by Crippen LogP contribution is -2.66. The van der Waals surface area contributed by atoms with Crippen LogP contribution in [0, 0.1) is 50.2 Å². The minimum atomic E-state index is -1.03. The molecule has 5 rings (SSSR count). The van der Waals surface area contributed by atoms with Crippen molar-refractivity contribution in [1.82, 2.24) is 0 Å². The Bertz CT molecular complexity index is 889. The lowest BCUT2D eigenvalue weighted by molar-refractivity contribution is -0.216. The number of hydrogen-bond acceptors (Lipinski definition) is 2. The Labute approximate surface area is 201 Å². The molecule has 33 heavy (non-hydrogen) atoms. The molecule has 0 bridgehead atoms. The van der Waals surface area contributed by atoms with Crippen molar-refractivity contribution in [3.8, 4) is 0 Å². The van der Waals surface area contributed by atoms with E-state index in [2.05, 4.69) is 47.6 Å². The predicted octanol–water partition coefficient (Wildman–Crippen LogP) is 7.23. The highest BCUT2D eigenvalue weighted by Gasteiger charge is 2.69. The van der Waals surface area contributed by atoms with Crippen molar-refractivity contribution in [3.63, 3.8) is 0 Å². The van der Waals surface area contributed by atoms with Crippen LogP contribution in [0.25, 0.3) is 0 Å². The van der Waals surface area contributed by atoms with Crippen LogP contribution in [-0.4, -0.2) is 22.3 Å². The van der Waals surface area contributed by atoms with Crippen molar-refractivity contribution < 1.29 is 15.0 Å². The molecular weight excluding hydrogens is 408 g/mol. The second-order valence-electron chi connectivity index (χ2n) is 15.0. The molecule has 2 N–H and O–H groups in total. The van der Waals surface area contributed by atoms with E-state index in [9.17, 15) is 15.0 Å². The molecule has 4 fully saturated rings. The molecule has 5 aliphatic rings. The van der Waals surface area contributed by atoms with Gasteiger partial charge < -0.3 is 10.2 Å². The van der Waals surface area contributed by atoms with Gasteiger partial charge in [0.1, 0.15) is 0 Å². The van der Waals surface area contributed by atoms with Gasteiger partial charge in [-0.15, -0.1) is 0 Å². The maximum atomic E-state index is 12.5. The van der Waals surface area contributed by atoms with E-state index in [-0.39, 0.29) is 22.2 Å². The van der Waals surface area contributed by atoms with Gasteiger partial charge in [-0.1, -0.05) is 53.2 Å². The summed E-state index contributed by atoms with van der Waals surface area (Å²) in [5, 5.41) is 21.1. The van der Waals surface area contributed by atoms with Crippen molar-refractivity contribution >= 4 is 5.97 Å². The lowest BCUT2D eigenvalue weighted by atomic mass is 9.33. The van der Waals surface area contributed by atoms with Crippen LogP contribution in [0.15, 0.2) is 11.6 Å². The number of aliphatic hydroxyl groups excluding tert-OH is 1. The third-order valence-electron chi connectivity index (χ3n) is 13.2. The summed E-state index contributed by atoms with van der Waals surface area (Å²) in [6.07, 6.45) is 13.2. The van der Waals surface area contributed by atoms with Gasteiger partial charge in [0.05, 0.1) is 11.5 Å². The number of aliphatic carboxylic acids is 1. The molecule has 0 radical (unpaired) electrons. The SMILES string of the molecule is CC1(C)CC[C@]2(C)CC[C@]3(C)C(=CCC4C5(C)CCC(O)C(C)(C(=O)O)C5CC[C@]43C)[C@@H]2C1. The van der Waals surface area contributed by atoms with Crippen molar-refractivity contribution in [2.45, 2.75) is 119 Å². The quantitative estimate of drug-likeness (QED) is 0.409. The first-order valence-electron chi connectivity index (χ1n) is 13.8. The highest BCUT2D eigenvalue weighted by atomic mass is 16.4. The first kappa shape index (κ1) is 23.9. The molecule has 0 aliphatic heterocycles. The Morgan fingerprint density at radius 3 is 2.21 bits per heavy atom. The summed E-state index contributed by atoms with van der Waals surface area (Å²) in [5.74, 6) is 0.432. The van der Waals surface area contributed by atoms with E-state index in [4.69, 9.17) is 0 Å². The molecule has 0 saturated heterocycles. The number of allylic oxidation sites excluding steroid dienone is 2. The van der Waals surface area contributed by atoms with Gasteiger partial charge in [-0.3, -0.25) is 4.79 Å². The molecule has 0 spiro atoms. The van der Waals surface area contributed by atoms with Crippen molar-refractivity contribution in [1.29, 1.82) is 0 Å². The van der Waals surface area contributed by atoms with E-state index in [1.165, 1.54) is 32.1 Å². The average molecular weight is 457 g/mol. The van der Waals surface area contributed by atoms with Crippen LogP contribution < -0.4 is 0 Å². The van der Waals surface area contributed by atoms with Gasteiger partial charge in [0, 0.05) is 0 Å². The van der Waals surface area contributed by atoms with Gasteiger partial charge in [-0.25, -0.2) is 0 Å². The maximum absolute atomic E-state index is 12.5. The van der Waals surface area contributed by atoms with Gasteiger partial charge >= 0.3 is 5.97 Å². The number of carbonyl (C=O) groups is 1. The maximum Gasteiger partial charge on any atom is 0.312 e. The average Bonchev–Trinajstić information content (AvgIpc) is 2.72. The van der Waals surface area contributed by atoms with Crippen molar-refractivity contribution in [3.05, 3.63) is 11.6 Å². The Morgan fingerprint density at radius 1 is 0.879 bits per heavy atom. The van der Waals surface area contributed by atoms with Crippen LogP contribution in [0.3, 0.4) is 0 Å². The standard InChI is InChI=1S/C30H48O3/c1-25(2)14-15-26(3)16-17-28(5)19(20(26)18-25)8-9-21-27(4)12-11-23(31)30(7,24(32)33)22(27)10-13-29(21,28)6/h8,20-23,31H,9-18H2,1-7H3,(H,32,33)/t20-,21?,22?,23?,26+,27?,28+,29+,30?/m0/s1. The van der Waals surface area contributed by atoms with Crippen LogP contribution in [0.5, 0.6) is 0 Å². The zero-order valence-electron chi connectivity index (χ0n) is 22.3. The lowest BCUT2D eigenvalue weighted by Gasteiger charge is -2.71. The second kappa shape index (κ2) is 6.89. The molecule has 3 heteroatoms. The van der Waals surface area contributed by atoms with Crippen LogP contribution >= 0.6 is 0 Å². The second-order valence-corrected chi connectivity index (χ2v) is 15.0. The van der Waals surface area contributed by atoms with Crippen molar-refractivity contribution in [2.24, 2.45) is 50.2 Å². The number of carboxylic acids is 1. The Hall–Kier alpha value is -0.830. The highest BCUT2D eigenvalue weighted by Crippen LogP contribution is 2.75. The molecule has 0 aromatic heterocycles. The Kier molecular flexibility index (Phi) is 4.99. The minimum absolute atomic E-state index is 0.0308. The molecule has 0 aromatic carbocycles. The monoisotopic (exact) mass is 456 g/mol. The van der Waals surface area contributed by atoms with Crippen LogP contribution in [-0.2, 0) is 4.79 Å². The molecule has 4 saturated carbocycles. The van der Waals surface area contributed by atoms with Gasteiger partial charge in [-0.05, 0) is 116 Å². The molecule has 0 heterocycles. The summed E-state index contributed by atoms with van der Waals surface area (Å²) in [6.45, 7) is 16.9. The number of carboxylic acid groups (broad SMARTS) is 1. The Morgan fingerprint density at radius 2 is 1.55 bits per heavy atom. The summed E-state index contributed by atoms with van der Waals surface area (Å²) < 4.78 is 0. The molecule has 9 atom stereocenters. The van der Waals surface area contributed by atoms with Crippen LogP contribution in [0.2, 0.25) is 0 Å².